The first kappa shape index (κ1) is 13.5. The van der Waals surface area contributed by atoms with E-state index in [1.807, 2.05) is 27.0 Å². The number of hydrogen-bond donors (Lipinski definition) is 3. The molecular formula is C11H20N4O2. The Morgan fingerprint density at radius 2 is 2.24 bits per heavy atom. The molecule has 1 rings (SSSR count). The predicted octanol–water partition coefficient (Wildman–Crippen LogP) is 1.02. The van der Waals surface area contributed by atoms with Crippen molar-refractivity contribution in [2.75, 3.05) is 13.1 Å². The molecule has 6 heteroatoms. The Kier molecular flexibility index (Phi) is 4.96. The summed E-state index contributed by atoms with van der Waals surface area (Å²) in [5.74, 6) is 0. The maximum atomic E-state index is 11.3. The van der Waals surface area contributed by atoms with Crippen LogP contribution in [0.15, 0.2) is 12.4 Å². The summed E-state index contributed by atoms with van der Waals surface area (Å²) >= 11 is 0. The Labute approximate surface area is 101 Å². The molecule has 6 nitrogen and oxygen atoms in total. The molecule has 0 aliphatic carbocycles. The molecule has 1 heterocycles. The average molecular weight is 240 g/mol. The van der Waals surface area contributed by atoms with Crippen LogP contribution in [-0.2, 0) is 11.3 Å². The topological polar surface area (TPSA) is 79.0 Å². The van der Waals surface area contributed by atoms with Gasteiger partial charge in [-0.15, -0.1) is 0 Å². The van der Waals surface area contributed by atoms with Crippen molar-refractivity contribution in [3.63, 3.8) is 0 Å². The van der Waals surface area contributed by atoms with Gasteiger partial charge in [0.2, 0.25) is 0 Å². The van der Waals surface area contributed by atoms with Crippen molar-refractivity contribution in [1.29, 1.82) is 0 Å². The third kappa shape index (κ3) is 6.57. The van der Waals surface area contributed by atoms with Crippen LogP contribution >= 0.6 is 0 Å². The van der Waals surface area contributed by atoms with Crippen LogP contribution in [0.2, 0.25) is 0 Å². The summed E-state index contributed by atoms with van der Waals surface area (Å²) in [7, 11) is 0. The summed E-state index contributed by atoms with van der Waals surface area (Å²) < 4.78 is 5.10. The van der Waals surface area contributed by atoms with E-state index in [1.165, 1.54) is 0 Å². The van der Waals surface area contributed by atoms with Gasteiger partial charge in [-0.1, -0.05) is 0 Å². The van der Waals surface area contributed by atoms with Gasteiger partial charge in [0, 0.05) is 31.4 Å². The first-order valence-corrected chi connectivity index (χ1v) is 5.62. The predicted molar refractivity (Wildman–Crippen MR) is 64.5 cm³/mol. The number of carbonyl (C=O) groups is 1. The van der Waals surface area contributed by atoms with Crippen LogP contribution in [0.3, 0.4) is 0 Å². The van der Waals surface area contributed by atoms with Gasteiger partial charge in [-0.25, -0.2) is 4.79 Å². The van der Waals surface area contributed by atoms with E-state index in [0.717, 1.165) is 12.1 Å². The molecule has 0 fully saturated rings. The van der Waals surface area contributed by atoms with Crippen molar-refractivity contribution in [3.05, 3.63) is 18.0 Å². The highest BCUT2D eigenvalue weighted by molar-refractivity contribution is 5.67. The Bertz CT molecular complexity index is 330. The quantitative estimate of drug-likeness (QED) is 0.671. The van der Waals surface area contributed by atoms with Gasteiger partial charge in [0.1, 0.15) is 5.60 Å². The highest BCUT2D eigenvalue weighted by atomic mass is 16.6. The number of aromatic nitrogens is 2. The minimum absolute atomic E-state index is 0.386. The Hall–Kier alpha value is -1.56. The highest BCUT2D eigenvalue weighted by Gasteiger charge is 2.15. The normalized spacial score (nSPS) is 11.2. The lowest BCUT2D eigenvalue weighted by Crippen LogP contribution is -2.36. The molecule has 1 aromatic rings. The van der Waals surface area contributed by atoms with E-state index in [1.54, 1.807) is 6.20 Å². The number of amides is 1. The summed E-state index contributed by atoms with van der Waals surface area (Å²) in [6.07, 6.45) is 3.20. The van der Waals surface area contributed by atoms with Crippen molar-refractivity contribution in [1.82, 2.24) is 20.8 Å². The molecule has 17 heavy (non-hydrogen) atoms. The van der Waals surface area contributed by atoms with Gasteiger partial charge in [0.25, 0.3) is 0 Å². The standard InChI is InChI=1S/C11H20N4O2/c1-11(2,3)17-10(16)13-5-4-12-6-9-7-14-15-8-9/h7-8,12H,4-6H2,1-3H3,(H,13,16)(H,14,15). The van der Waals surface area contributed by atoms with Gasteiger partial charge in [-0.3, -0.25) is 5.10 Å². The lowest BCUT2D eigenvalue weighted by atomic mass is 10.2. The third-order valence-corrected chi connectivity index (χ3v) is 1.85. The lowest BCUT2D eigenvalue weighted by molar-refractivity contribution is 0.0528. The second-order valence-electron chi connectivity index (χ2n) is 4.71. The molecule has 0 aliphatic rings. The number of rotatable bonds is 5. The van der Waals surface area contributed by atoms with Gasteiger partial charge in [-0.05, 0) is 20.8 Å². The number of nitrogens with one attached hydrogen (secondary N) is 3. The Morgan fingerprint density at radius 1 is 1.47 bits per heavy atom. The van der Waals surface area contributed by atoms with Crippen LogP contribution in [0.5, 0.6) is 0 Å². The minimum Gasteiger partial charge on any atom is -0.444 e. The van der Waals surface area contributed by atoms with Crippen molar-refractivity contribution >= 4 is 6.09 Å². The van der Waals surface area contributed by atoms with E-state index in [4.69, 9.17) is 4.74 Å². The molecule has 0 saturated carbocycles. The van der Waals surface area contributed by atoms with E-state index in [2.05, 4.69) is 20.8 Å². The van der Waals surface area contributed by atoms with Gasteiger partial charge >= 0.3 is 6.09 Å². The number of nitrogens with zero attached hydrogens (tertiary/aromatic N) is 1. The Morgan fingerprint density at radius 3 is 2.82 bits per heavy atom. The first-order valence-electron chi connectivity index (χ1n) is 5.62. The van der Waals surface area contributed by atoms with Gasteiger partial charge < -0.3 is 15.4 Å². The smallest absolute Gasteiger partial charge is 0.407 e. The van der Waals surface area contributed by atoms with Crippen molar-refractivity contribution in [2.45, 2.75) is 32.9 Å². The summed E-state index contributed by atoms with van der Waals surface area (Å²) in [4.78, 5) is 11.3. The van der Waals surface area contributed by atoms with Gasteiger partial charge in [0.15, 0.2) is 0 Å². The SMILES string of the molecule is CC(C)(C)OC(=O)NCCNCc1cn[nH]c1. The van der Waals surface area contributed by atoms with Crippen LogP contribution in [0.4, 0.5) is 4.79 Å². The summed E-state index contributed by atoms with van der Waals surface area (Å²) in [5.41, 5.74) is 0.635. The average Bonchev–Trinajstić information content (AvgIpc) is 2.67. The van der Waals surface area contributed by atoms with Crippen molar-refractivity contribution < 1.29 is 9.53 Å². The zero-order valence-electron chi connectivity index (χ0n) is 10.5. The molecule has 0 atom stereocenters. The van der Waals surface area contributed by atoms with Gasteiger partial charge in [0.05, 0.1) is 6.20 Å². The fourth-order valence-electron chi connectivity index (χ4n) is 1.17. The fourth-order valence-corrected chi connectivity index (χ4v) is 1.17. The van der Waals surface area contributed by atoms with Crippen molar-refractivity contribution in [2.24, 2.45) is 0 Å². The van der Waals surface area contributed by atoms with E-state index in [-0.39, 0.29) is 6.09 Å². The van der Waals surface area contributed by atoms with Crippen molar-refractivity contribution in [3.8, 4) is 0 Å². The molecule has 0 aromatic carbocycles. The summed E-state index contributed by atoms with van der Waals surface area (Å²) in [5, 5.41) is 12.4. The molecule has 0 bridgehead atoms. The zero-order chi connectivity index (χ0) is 12.7. The summed E-state index contributed by atoms with van der Waals surface area (Å²) in [6, 6.07) is 0. The molecule has 0 saturated heterocycles. The Balaban J connectivity index is 2.02. The minimum atomic E-state index is -0.450. The molecule has 0 aliphatic heterocycles. The number of hydrogen-bond acceptors (Lipinski definition) is 4. The molecule has 1 amide bonds. The molecule has 3 N–H and O–H groups in total. The number of ether oxygens (including phenoxy) is 1. The van der Waals surface area contributed by atoms with Gasteiger partial charge in [-0.2, -0.15) is 5.10 Å². The highest BCUT2D eigenvalue weighted by Crippen LogP contribution is 2.05. The molecule has 0 radical (unpaired) electrons. The number of carbonyl (C=O) groups excluding carboxylic acids is 1. The molecular weight excluding hydrogens is 220 g/mol. The van der Waals surface area contributed by atoms with E-state index < -0.39 is 5.60 Å². The lowest BCUT2D eigenvalue weighted by Gasteiger charge is -2.19. The van der Waals surface area contributed by atoms with Crippen LogP contribution in [0.1, 0.15) is 26.3 Å². The second-order valence-corrected chi connectivity index (χ2v) is 4.71. The van der Waals surface area contributed by atoms with E-state index >= 15 is 0 Å². The first-order chi connectivity index (χ1) is 7.97. The van der Waals surface area contributed by atoms with Crippen LogP contribution < -0.4 is 10.6 Å². The second kappa shape index (κ2) is 6.24. The fraction of sp³-hybridized carbons (Fsp3) is 0.636. The molecule has 0 unspecified atom stereocenters. The van der Waals surface area contributed by atoms with Crippen LogP contribution in [-0.4, -0.2) is 35.0 Å². The van der Waals surface area contributed by atoms with E-state index in [9.17, 15) is 4.79 Å². The number of alkyl carbamates (subject to hydrolysis) is 1. The largest absolute Gasteiger partial charge is 0.444 e. The maximum absolute atomic E-state index is 11.3. The number of aromatic amines is 1. The maximum Gasteiger partial charge on any atom is 0.407 e. The van der Waals surface area contributed by atoms with Crippen LogP contribution in [0, 0.1) is 0 Å². The monoisotopic (exact) mass is 240 g/mol. The summed E-state index contributed by atoms with van der Waals surface area (Å²) in [6.45, 7) is 7.46. The molecule has 1 aromatic heterocycles. The zero-order valence-corrected chi connectivity index (χ0v) is 10.5. The van der Waals surface area contributed by atoms with E-state index in [0.29, 0.717) is 13.1 Å². The molecule has 96 valence electrons. The van der Waals surface area contributed by atoms with Crippen LogP contribution in [0.25, 0.3) is 0 Å². The molecule has 0 spiro atoms. The number of H-pyrrole nitrogens is 1. The third-order valence-electron chi connectivity index (χ3n) is 1.85.